The highest BCUT2D eigenvalue weighted by atomic mass is 32.1. The quantitative estimate of drug-likeness (QED) is 0.873. The predicted molar refractivity (Wildman–Crippen MR) is 82.0 cm³/mol. The van der Waals surface area contributed by atoms with E-state index in [0.717, 1.165) is 23.0 Å². The first kappa shape index (κ1) is 13.5. The molecule has 5 heteroatoms. The number of aryl methyl sites for hydroxylation is 1. The smallest absolute Gasteiger partial charge is 0.130 e. The molecule has 2 heterocycles. The standard InChI is InChI=1S/C15H20N4S/c1-3-10-4-5-11(6-10)15-17-13(7-14(20)18-15)12-8-16-19(2)9-12/h7-11H,3-6H2,1-2H3,(H,17,18,20). The Bertz CT molecular complexity index is 658. The maximum atomic E-state index is 5.33. The van der Waals surface area contributed by atoms with Crippen LogP contribution in [-0.4, -0.2) is 19.7 Å². The third kappa shape index (κ3) is 2.68. The van der Waals surface area contributed by atoms with E-state index in [1.807, 2.05) is 25.5 Å². The van der Waals surface area contributed by atoms with Crippen LogP contribution in [-0.2, 0) is 7.05 Å². The fraction of sp³-hybridized carbons (Fsp3) is 0.533. The largest absolute Gasteiger partial charge is 0.343 e. The van der Waals surface area contributed by atoms with Crippen LogP contribution in [0.3, 0.4) is 0 Å². The second-order valence-electron chi connectivity index (χ2n) is 5.71. The van der Waals surface area contributed by atoms with E-state index in [4.69, 9.17) is 12.2 Å². The second-order valence-corrected chi connectivity index (χ2v) is 6.12. The van der Waals surface area contributed by atoms with E-state index < -0.39 is 0 Å². The van der Waals surface area contributed by atoms with Gasteiger partial charge >= 0.3 is 0 Å². The Morgan fingerprint density at radius 1 is 1.45 bits per heavy atom. The van der Waals surface area contributed by atoms with Gasteiger partial charge in [0.1, 0.15) is 10.5 Å². The van der Waals surface area contributed by atoms with Gasteiger partial charge in [-0.25, -0.2) is 4.98 Å². The van der Waals surface area contributed by atoms with Crippen molar-refractivity contribution in [3.8, 4) is 11.3 Å². The zero-order chi connectivity index (χ0) is 14.1. The van der Waals surface area contributed by atoms with Gasteiger partial charge in [0.25, 0.3) is 0 Å². The Hall–Kier alpha value is -1.49. The number of aromatic amines is 1. The topological polar surface area (TPSA) is 46.5 Å². The second kappa shape index (κ2) is 5.48. The summed E-state index contributed by atoms with van der Waals surface area (Å²) in [6.45, 7) is 2.27. The fourth-order valence-corrected chi connectivity index (χ4v) is 3.30. The Kier molecular flexibility index (Phi) is 3.70. The van der Waals surface area contributed by atoms with Crippen LogP contribution in [0.1, 0.15) is 44.3 Å². The van der Waals surface area contributed by atoms with Crippen LogP contribution in [0.25, 0.3) is 11.3 Å². The van der Waals surface area contributed by atoms with Gasteiger partial charge in [-0.2, -0.15) is 5.10 Å². The first-order chi connectivity index (χ1) is 9.65. The minimum atomic E-state index is 0.526. The molecule has 1 N–H and O–H groups in total. The summed E-state index contributed by atoms with van der Waals surface area (Å²) in [6.07, 6.45) is 8.86. The van der Waals surface area contributed by atoms with Crippen LogP contribution in [0.15, 0.2) is 18.5 Å². The van der Waals surface area contributed by atoms with Gasteiger partial charge in [-0.3, -0.25) is 4.68 Å². The molecule has 0 radical (unpaired) electrons. The molecule has 0 amide bonds. The van der Waals surface area contributed by atoms with Crippen LogP contribution in [0, 0.1) is 10.6 Å². The normalized spacial score (nSPS) is 22.3. The summed E-state index contributed by atoms with van der Waals surface area (Å²) in [6, 6.07) is 1.92. The minimum Gasteiger partial charge on any atom is -0.343 e. The SMILES string of the molecule is CCC1CCC(c2nc(=S)cc(-c3cnn(C)c3)[nH]2)C1. The molecule has 2 atom stereocenters. The van der Waals surface area contributed by atoms with Gasteiger partial charge in [-0.15, -0.1) is 0 Å². The number of nitrogens with zero attached hydrogens (tertiary/aromatic N) is 3. The average molecular weight is 288 g/mol. The molecule has 1 fully saturated rings. The van der Waals surface area contributed by atoms with Crippen molar-refractivity contribution in [2.45, 2.75) is 38.5 Å². The van der Waals surface area contributed by atoms with Crippen molar-refractivity contribution in [1.82, 2.24) is 19.7 Å². The van der Waals surface area contributed by atoms with E-state index in [2.05, 4.69) is 22.0 Å². The lowest BCUT2D eigenvalue weighted by Crippen LogP contribution is -2.03. The molecule has 3 rings (SSSR count). The summed E-state index contributed by atoms with van der Waals surface area (Å²) in [5, 5.41) is 4.22. The number of hydrogen-bond donors (Lipinski definition) is 1. The van der Waals surface area contributed by atoms with Crippen LogP contribution < -0.4 is 0 Å². The maximum Gasteiger partial charge on any atom is 0.130 e. The minimum absolute atomic E-state index is 0.526. The zero-order valence-corrected chi connectivity index (χ0v) is 12.8. The Balaban J connectivity index is 1.93. The van der Waals surface area contributed by atoms with Crippen molar-refractivity contribution >= 4 is 12.2 Å². The number of rotatable bonds is 3. The molecule has 4 nitrogen and oxygen atoms in total. The third-order valence-corrected chi connectivity index (χ3v) is 4.49. The lowest BCUT2D eigenvalue weighted by Gasteiger charge is -2.11. The van der Waals surface area contributed by atoms with Crippen LogP contribution >= 0.6 is 12.2 Å². The van der Waals surface area contributed by atoms with Gasteiger partial charge in [0.05, 0.1) is 11.9 Å². The van der Waals surface area contributed by atoms with Crippen molar-refractivity contribution in [2.24, 2.45) is 13.0 Å². The van der Waals surface area contributed by atoms with Gasteiger partial charge in [0, 0.05) is 24.7 Å². The molecule has 0 saturated heterocycles. The molecule has 0 aliphatic heterocycles. The van der Waals surface area contributed by atoms with Gasteiger partial charge in [-0.05, 0) is 31.2 Å². The number of nitrogens with one attached hydrogen (secondary N) is 1. The zero-order valence-electron chi connectivity index (χ0n) is 12.0. The first-order valence-corrected chi connectivity index (χ1v) is 7.66. The van der Waals surface area contributed by atoms with E-state index in [1.165, 1.54) is 25.7 Å². The van der Waals surface area contributed by atoms with Crippen molar-refractivity contribution < 1.29 is 0 Å². The molecule has 2 aromatic rings. The van der Waals surface area contributed by atoms with E-state index >= 15 is 0 Å². The van der Waals surface area contributed by atoms with Gasteiger partial charge < -0.3 is 4.98 Å². The van der Waals surface area contributed by atoms with Gasteiger partial charge in [0.2, 0.25) is 0 Å². The fourth-order valence-electron chi connectivity index (χ4n) is 3.08. The van der Waals surface area contributed by atoms with Gasteiger partial charge in [-0.1, -0.05) is 25.6 Å². The molecular weight excluding hydrogens is 268 g/mol. The Labute approximate surface area is 124 Å². The molecule has 1 saturated carbocycles. The van der Waals surface area contributed by atoms with E-state index in [9.17, 15) is 0 Å². The molecule has 1 aliphatic rings. The van der Waals surface area contributed by atoms with E-state index in [1.54, 1.807) is 4.68 Å². The molecule has 20 heavy (non-hydrogen) atoms. The number of hydrogen-bond acceptors (Lipinski definition) is 3. The summed E-state index contributed by atoms with van der Waals surface area (Å²) in [7, 11) is 1.92. The molecule has 1 aliphatic carbocycles. The average Bonchev–Trinajstić information content (AvgIpc) is 3.06. The summed E-state index contributed by atoms with van der Waals surface area (Å²) in [5.74, 6) is 2.41. The third-order valence-electron chi connectivity index (χ3n) is 4.28. The molecule has 106 valence electrons. The summed E-state index contributed by atoms with van der Waals surface area (Å²) >= 11 is 5.33. The van der Waals surface area contributed by atoms with Gasteiger partial charge in [0.15, 0.2) is 0 Å². The maximum absolute atomic E-state index is 5.33. The molecule has 2 aromatic heterocycles. The highest BCUT2D eigenvalue weighted by Crippen LogP contribution is 2.38. The van der Waals surface area contributed by atoms with Crippen LogP contribution in [0.5, 0.6) is 0 Å². The summed E-state index contributed by atoms with van der Waals surface area (Å²) in [5.41, 5.74) is 2.08. The van der Waals surface area contributed by atoms with E-state index in [0.29, 0.717) is 10.6 Å². The highest BCUT2D eigenvalue weighted by Gasteiger charge is 2.26. The summed E-state index contributed by atoms with van der Waals surface area (Å²) < 4.78 is 2.47. The molecule has 0 spiro atoms. The lowest BCUT2D eigenvalue weighted by molar-refractivity contribution is 0.516. The first-order valence-electron chi connectivity index (χ1n) is 7.26. The molecule has 0 aromatic carbocycles. The molecule has 0 bridgehead atoms. The van der Waals surface area contributed by atoms with Crippen molar-refractivity contribution in [2.75, 3.05) is 0 Å². The van der Waals surface area contributed by atoms with Crippen LogP contribution in [0.4, 0.5) is 0 Å². The monoisotopic (exact) mass is 288 g/mol. The van der Waals surface area contributed by atoms with Crippen molar-refractivity contribution in [3.05, 3.63) is 28.9 Å². The Morgan fingerprint density at radius 2 is 2.30 bits per heavy atom. The van der Waals surface area contributed by atoms with Crippen molar-refractivity contribution in [3.63, 3.8) is 0 Å². The lowest BCUT2D eigenvalue weighted by atomic mass is 10.0. The number of H-pyrrole nitrogens is 1. The predicted octanol–water partition coefficient (Wildman–Crippen LogP) is 3.83. The number of aromatic nitrogens is 4. The summed E-state index contributed by atoms with van der Waals surface area (Å²) in [4.78, 5) is 8.02. The highest BCUT2D eigenvalue weighted by molar-refractivity contribution is 7.71. The van der Waals surface area contributed by atoms with E-state index in [-0.39, 0.29) is 0 Å². The molecular formula is C15H20N4S. The van der Waals surface area contributed by atoms with Crippen molar-refractivity contribution in [1.29, 1.82) is 0 Å². The Morgan fingerprint density at radius 3 is 2.95 bits per heavy atom. The van der Waals surface area contributed by atoms with Crippen LogP contribution in [0.2, 0.25) is 0 Å². The molecule has 2 unspecified atom stereocenters.